The molecular weight excluding hydrogens is 244 g/mol. The number of nitrogens with one attached hydrogen (secondary N) is 1. The predicted molar refractivity (Wildman–Crippen MR) is 64.5 cm³/mol. The molecule has 1 unspecified atom stereocenters. The number of anilines is 1. The highest BCUT2D eigenvalue weighted by atomic mass is 32.2. The number of rotatable bonds is 4. The molecular formula is C10H14N2O4S. The number of nitrogens with two attached hydrogens (primary N) is 1. The Morgan fingerprint density at radius 1 is 1.47 bits per heavy atom. The van der Waals surface area contributed by atoms with Crippen LogP contribution in [0.1, 0.15) is 28.9 Å². The minimum absolute atomic E-state index is 0.0319. The van der Waals surface area contributed by atoms with Gasteiger partial charge in [0.1, 0.15) is 0 Å². The molecule has 0 aliphatic rings. The molecule has 0 bridgehead atoms. The minimum Gasteiger partial charge on any atom is -0.478 e. The van der Waals surface area contributed by atoms with E-state index >= 15 is 0 Å². The van der Waals surface area contributed by atoms with Gasteiger partial charge in [0.05, 0.1) is 17.5 Å². The lowest BCUT2D eigenvalue weighted by atomic mass is 10.0. The van der Waals surface area contributed by atoms with Gasteiger partial charge in [-0.05, 0) is 24.6 Å². The van der Waals surface area contributed by atoms with Crippen LogP contribution in [-0.4, -0.2) is 25.7 Å². The molecule has 4 N–H and O–H groups in total. The van der Waals surface area contributed by atoms with Crippen LogP contribution in [0, 0.1) is 0 Å². The fourth-order valence-electron chi connectivity index (χ4n) is 1.31. The summed E-state index contributed by atoms with van der Waals surface area (Å²) in [6.07, 6.45) is 0.956. The van der Waals surface area contributed by atoms with Crippen LogP contribution in [-0.2, 0) is 10.0 Å². The molecule has 0 radical (unpaired) electrons. The van der Waals surface area contributed by atoms with Crippen LogP contribution in [0.3, 0.4) is 0 Å². The number of aromatic carboxylic acids is 1. The summed E-state index contributed by atoms with van der Waals surface area (Å²) in [6.45, 7) is 1.71. The standard InChI is InChI=1S/C10H14N2O4S/c1-6(11)7-3-4-9(12-17(2,15)16)8(5-7)10(13)14/h3-6,12H,11H2,1-2H3,(H,13,14). The van der Waals surface area contributed by atoms with Crippen LogP contribution >= 0.6 is 0 Å². The van der Waals surface area contributed by atoms with Gasteiger partial charge >= 0.3 is 5.97 Å². The van der Waals surface area contributed by atoms with E-state index in [2.05, 4.69) is 4.72 Å². The Morgan fingerprint density at radius 3 is 2.47 bits per heavy atom. The van der Waals surface area contributed by atoms with Crippen molar-refractivity contribution in [1.82, 2.24) is 0 Å². The number of sulfonamides is 1. The number of hydrogen-bond acceptors (Lipinski definition) is 4. The molecule has 0 heterocycles. The van der Waals surface area contributed by atoms with Gasteiger partial charge in [-0.1, -0.05) is 6.07 Å². The van der Waals surface area contributed by atoms with Crippen molar-refractivity contribution in [3.05, 3.63) is 29.3 Å². The van der Waals surface area contributed by atoms with Gasteiger partial charge < -0.3 is 10.8 Å². The second-order valence-electron chi connectivity index (χ2n) is 3.77. The molecule has 17 heavy (non-hydrogen) atoms. The van der Waals surface area contributed by atoms with E-state index in [0.717, 1.165) is 6.26 Å². The average Bonchev–Trinajstić information content (AvgIpc) is 2.14. The Hall–Kier alpha value is -1.60. The van der Waals surface area contributed by atoms with Crippen LogP contribution in [0.2, 0.25) is 0 Å². The molecule has 94 valence electrons. The van der Waals surface area contributed by atoms with E-state index in [9.17, 15) is 13.2 Å². The SMILES string of the molecule is CC(N)c1ccc(NS(C)(=O)=O)c(C(=O)O)c1. The van der Waals surface area contributed by atoms with Crippen molar-refractivity contribution in [1.29, 1.82) is 0 Å². The Labute approximate surface area is 99.5 Å². The Morgan fingerprint density at radius 2 is 2.06 bits per heavy atom. The number of carboxylic acid groups (broad SMARTS) is 1. The van der Waals surface area contributed by atoms with E-state index in [1.165, 1.54) is 12.1 Å². The normalized spacial score (nSPS) is 13.1. The highest BCUT2D eigenvalue weighted by molar-refractivity contribution is 7.92. The molecule has 0 fully saturated rings. The molecule has 0 aromatic heterocycles. The van der Waals surface area contributed by atoms with E-state index < -0.39 is 16.0 Å². The first-order chi connectivity index (χ1) is 7.70. The first-order valence-corrected chi connectivity index (χ1v) is 6.70. The summed E-state index contributed by atoms with van der Waals surface area (Å²) < 4.78 is 24.3. The van der Waals surface area contributed by atoms with E-state index in [1.807, 2.05) is 0 Å². The molecule has 7 heteroatoms. The first-order valence-electron chi connectivity index (χ1n) is 4.81. The highest BCUT2D eigenvalue weighted by Gasteiger charge is 2.14. The van der Waals surface area contributed by atoms with Crippen LogP contribution in [0.4, 0.5) is 5.69 Å². The maximum absolute atomic E-state index is 11.1. The number of benzene rings is 1. The van der Waals surface area contributed by atoms with Crippen molar-refractivity contribution in [3.63, 3.8) is 0 Å². The van der Waals surface area contributed by atoms with Crippen LogP contribution in [0.25, 0.3) is 0 Å². The summed E-state index contributed by atoms with van der Waals surface area (Å²) in [7, 11) is -3.51. The smallest absolute Gasteiger partial charge is 0.337 e. The molecule has 0 aliphatic heterocycles. The largest absolute Gasteiger partial charge is 0.478 e. The molecule has 1 aromatic rings. The van der Waals surface area contributed by atoms with Crippen molar-refractivity contribution in [2.75, 3.05) is 11.0 Å². The molecule has 1 aromatic carbocycles. The van der Waals surface area contributed by atoms with Gasteiger partial charge in [0.2, 0.25) is 10.0 Å². The van der Waals surface area contributed by atoms with Crippen molar-refractivity contribution in [3.8, 4) is 0 Å². The van der Waals surface area contributed by atoms with Gasteiger partial charge in [0.15, 0.2) is 0 Å². The van der Waals surface area contributed by atoms with Crippen molar-refractivity contribution < 1.29 is 18.3 Å². The molecule has 0 saturated carbocycles. The lowest BCUT2D eigenvalue weighted by Gasteiger charge is -2.11. The fraction of sp³-hybridized carbons (Fsp3) is 0.300. The van der Waals surface area contributed by atoms with Crippen molar-refractivity contribution in [2.24, 2.45) is 5.73 Å². The van der Waals surface area contributed by atoms with Gasteiger partial charge in [-0.25, -0.2) is 13.2 Å². The molecule has 1 rings (SSSR count). The van der Waals surface area contributed by atoms with Gasteiger partial charge in [-0.15, -0.1) is 0 Å². The van der Waals surface area contributed by atoms with Crippen LogP contribution < -0.4 is 10.5 Å². The van der Waals surface area contributed by atoms with Gasteiger partial charge in [0, 0.05) is 6.04 Å². The third-order valence-corrected chi connectivity index (χ3v) is 2.69. The second kappa shape index (κ2) is 4.72. The molecule has 0 saturated heterocycles. The second-order valence-corrected chi connectivity index (χ2v) is 5.52. The Balaban J connectivity index is 3.27. The summed E-state index contributed by atoms with van der Waals surface area (Å²) in [4.78, 5) is 11.0. The predicted octanol–water partition coefficient (Wildman–Crippen LogP) is 0.776. The average molecular weight is 258 g/mol. The monoisotopic (exact) mass is 258 g/mol. The summed E-state index contributed by atoms with van der Waals surface area (Å²) in [5.74, 6) is -1.21. The zero-order valence-electron chi connectivity index (χ0n) is 9.47. The van der Waals surface area contributed by atoms with Crippen LogP contribution in [0.15, 0.2) is 18.2 Å². The molecule has 0 amide bonds. The molecule has 0 spiro atoms. The van der Waals surface area contributed by atoms with Gasteiger partial charge in [0.25, 0.3) is 0 Å². The molecule has 1 atom stereocenters. The highest BCUT2D eigenvalue weighted by Crippen LogP contribution is 2.21. The van der Waals surface area contributed by atoms with Gasteiger partial charge in [-0.3, -0.25) is 4.72 Å². The first kappa shape index (κ1) is 13.5. The summed E-state index contributed by atoms with van der Waals surface area (Å²) in [5.41, 5.74) is 6.17. The maximum Gasteiger partial charge on any atom is 0.337 e. The van der Waals surface area contributed by atoms with Crippen LogP contribution in [0.5, 0.6) is 0 Å². The zero-order valence-corrected chi connectivity index (χ0v) is 10.3. The Bertz CT molecular complexity index is 537. The Kier molecular flexibility index (Phi) is 3.74. The summed E-state index contributed by atoms with van der Waals surface area (Å²) in [6, 6.07) is 4.02. The van der Waals surface area contributed by atoms with E-state index in [4.69, 9.17) is 10.8 Å². The summed E-state index contributed by atoms with van der Waals surface area (Å²) >= 11 is 0. The third kappa shape index (κ3) is 3.72. The van der Waals surface area contributed by atoms with E-state index in [1.54, 1.807) is 13.0 Å². The number of carboxylic acids is 1. The fourth-order valence-corrected chi connectivity index (χ4v) is 1.89. The van der Waals surface area contributed by atoms with E-state index in [0.29, 0.717) is 5.56 Å². The van der Waals surface area contributed by atoms with Gasteiger partial charge in [-0.2, -0.15) is 0 Å². The van der Waals surface area contributed by atoms with Crippen molar-refractivity contribution >= 4 is 21.7 Å². The van der Waals surface area contributed by atoms with Crippen molar-refractivity contribution in [2.45, 2.75) is 13.0 Å². The third-order valence-electron chi connectivity index (χ3n) is 2.10. The lowest BCUT2D eigenvalue weighted by molar-refractivity contribution is 0.0698. The number of carbonyl (C=O) groups is 1. The number of hydrogen-bond donors (Lipinski definition) is 3. The topological polar surface area (TPSA) is 109 Å². The molecule has 6 nitrogen and oxygen atoms in total. The summed E-state index contributed by atoms with van der Waals surface area (Å²) in [5, 5.41) is 8.99. The lowest BCUT2D eigenvalue weighted by Crippen LogP contribution is -2.14. The van der Waals surface area contributed by atoms with E-state index in [-0.39, 0.29) is 17.3 Å². The minimum atomic E-state index is -3.51. The quantitative estimate of drug-likeness (QED) is 0.739. The zero-order chi connectivity index (χ0) is 13.2. The molecule has 0 aliphatic carbocycles. The maximum atomic E-state index is 11.1.